The highest BCUT2D eigenvalue weighted by molar-refractivity contribution is 5.75. The van der Waals surface area contributed by atoms with E-state index in [1.165, 1.54) is 18.3 Å². The van der Waals surface area contributed by atoms with Crippen LogP contribution in [-0.2, 0) is 6.18 Å². The molecule has 1 aliphatic carbocycles. The molecule has 4 rings (SSSR count). The number of nitrogen functional groups attached to an aromatic ring is 2. The minimum atomic E-state index is -4.50. The van der Waals surface area contributed by atoms with Gasteiger partial charge in [-0.3, -0.25) is 0 Å². The number of hydrogen-bond acceptors (Lipinski definition) is 7. The quantitative estimate of drug-likeness (QED) is 0.431. The van der Waals surface area contributed by atoms with Gasteiger partial charge < -0.3 is 22.5 Å². The second-order valence-electron chi connectivity index (χ2n) is 8.21. The molecule has 0 aliphatic heterocycles. The van der Waals surface area contributed by atoms with Crippen molar-refractivity contribution in [3.63, 3.8) is 0 Å². The van der Waals surface area contributed by atoms with Gasteiger partial charge in [-0.2, -0.15) is 18.2 Å². The van der Waals surface area contributed by atoms with Gasteiger partial charge in [0.2, 0.25) is 5.95 Å². The Hall–Kier alpha value is -3.84. The van der Waals surface area contributed by atoms with Gasteiger partial charge in [0.1, 0.15) is 11.6 Å². The van der Waals surface area contributed by atoms with Gasteiger partial charge in [0.15, 0.2) is 0 Å². The molecule has 176 valence electrons. The molecule has 10 heteroatoms. The van der Waals surface area contributed by atoms with E-state index in [0.717, 1.165) is 37.8 Å². The predicted octanol–water partition coefficient (Wildman–Crippen LogP) is 3.80. The normalized spacial score (nSPS) is 18.1. The van der Waals surface area contributed by atoms with E-state index in [4.69, 9.17) is 17.2 Å². The second-order valence-corrected chi connectivity index (χ2v) is 8.21. The van der Waals surface area contributed by atoms with Crippen LogP contribution in [0.5, 0.6) is 0 Å². The molecule has 0 spiro atoms. The maximum atomic E-state index is 13.4. The maximum Gasteiger partial charge on any atom is 0.416 e. The van der Waals surface area contributed by atoms with Gasteiger partial charge in [-0.1, -0.05) is 24.0 Å². The zero-order chi connectivity index (χ0) is 24.3. The number of nitrogens with two attached hydrogens (primary N) is 3. The summed E-state index contributed by atoms with van der Waals surface area (Å²) in [5, 5.41) is 3.25. The average Bonchev–Trinajstić information content (AvgIpc) is 2.80. The fraction of sp³-hybridized carbons (Fsp3) is 0.292. The van der Waals surface area contributed by atoms with E-state index in [9.17, 15) is 13.2 Å². The van der Waals surface area contributed by atoms with Crippen LogP contribution in [0.1, 0.15) is 42.4 Å². The number of benzene rings is 1. The Balaban J connectivity index is 1.76. The SMILES string of the molecule is Nc1ccc(C#Cc2c(N)nc(NC3CCC(N)CC3)nc2-c2cccc(C(F)(F)F)c2)cn1. The minimum Gasteiger partial charge on any atom is -0.384 e. The van der Waals surface area contributed by atoms with Crippen LogP contribution in [0.15, 0.2) is 42.6 Å². The highest BCUT2D eigenvalue weighted by atomic mass is 19.4. The van der Waals surface area contributed by atoms with E-state index in [2.05, 4.69) is 32.1 Å². The highest BCUT2D eigenvalue weighted by Gasteiger charge is 2.31. The molecule has 0 saturated heterocycles. The third kappa shape index (κ3) is 5.55. The molecule has 2 heterocycles. The Kier molecular flexibility index (Phi) is 6.56. The first-order valence-corrected chi connectivity index (χ1v) is 10.8. The largest absolute Gasteiger partial charge is 0.416 e. The van der Waals surface area contributed by atoms with E-state index in [-0.39, 0.29) is 40.7 Å². The average molecular weight is 467 g/mol. The summed E-state index contributed by atoms with van der Waals surface area (Å²) < 4.78 is 40.1. The van der Waals surface area contributed by atoms with E-state index in [1.54, 1.807) is 12.1 Å². The van der Waals surface area contributed by atoms with Crippen molar-refractivity contribution in [1.29, 1.82) is 0 Å². The van der Waals surface area contributed by atoms with Crippen LogP contribution in [0.3, 0.4) is 0 Å². The lowest BCUT2D eigenvalue weighted by atomic mass is 9.92. The van der Waals surface area contributed by atoms with Crippen molar-refractivity contribution in [1.82, 2.24) is 15.0 Å². The lowest BCUT2D eigenvalue weighted by Gasteiger charge is -2.27. The first-order chi connectivity index (χ1) is 16.2. The van der Waals surface area contributed by atoms with Crippen molar-refractivity contribution < 1.29 is 13.2 Å². The summed E-state index contributed by atoms with van der Waals surface area (Å²) in [6.07, 6.45) is 0.411. The lowest BCUT2D eigenvalue weighted by Crippen LogP contribution is -2.33. The first kappa shape index (κ1) is 23.3. The summed E-state index contributed by atoms with van der Waals surface area (Å²) in [7, 11) is 0. The summed E-state index contributed by atoms with van der Waals surface area (Å²) in [6, 6.07) is 8.45. The van der Waals surface area contributed by atoms with E-state index >= 15 is 0 Å². The molecule has 0 bridgehead atoms. The van der Waals surface area contributed by atoms with Gasteiger partial charge in [-0.05, 0) is 49.9 Å². The maximum absolute atomic E-state index is 13.4. The van der Waals surface area contributed by atoms with Crippen LogP contribution >= 0.6 is 0 Å². The van der Waals surface area contributed by atoms with Gasteiger partial charge in [0, 0.05) is 29.4 Å². The van der Waals surface area contributed by atoms with Gasteiger partial charge in [-0.25, -0.2) is 9.97 Å². The van der Waals surface area contributed by atoms with Gasteiger partial charge in [0.05, 0.1) is 16.8 Å². The number of anilines is 3. The summed E-state index contributed by atoms with van der Waals surface area (Å²) in [4.78, 5) is 12.8. The molecule has 0 atom stereocenters. The Labute approximate surface area is 195 Å². The molecule has 0 amide bonds. The number of hydrogen-bond donors (Lipinski definition) is 4. The van der Waals surface area contributed by atoms with Crippen molar-refractivity contribution in [3.05, 3.63) is 59.3 Å². The van der Waals surface area contributed by atoms with Gasteiger partial charge in [0.25, 0.3) is 0 Å². The predicted molar refractivity (Wildman–Crippen MR) is 125 cm³/mol. The van der Waals surface area contributed by atoms with Gasteiger partial charge >= 0.3 is 6.18 Å². The van der Waals surface area contributed by atoms with Crippen LogP contribution in [0.25, 0.3) is 11.3 Å². The monoisotopic (exact) mass is 467 g/mol. The van der Waals surface area contributed by atoms with Crippen molar-refractivity contribution in [3.8, 4) is 23.1 Å². The molecular formula is C24H24F3N7. The highest BCUT2D eigenvalue weighted by Crippen LogP contribution is 2.34. The summed E-state index contributed by atoms with van der Waals surface area (Å²) in [5.41, 5.74) is 18.2. The topological polar surface area (TPSA) is 129 Å². The molecule has 0 radical (unpaired) electrons. The zero-order valence-electron chi connectivity index (χ0n) is 18.2. The summed E-state index contributed by atoms with van der Waals surface area (Å²) in [6.45, 7) is 0. The summed E-state index contributed by atoms with van der Waals surface area (Å²) >= 11 is 0. The molecule has 2 aromatic heterocycles. The number of halogens is 3. The van der Waals surface area contributed by atoms with Gasteiger partial charge in [-0.15, -0.1) is 0 Å². The lowest BCUT2D eigenvalue weighted by molar-refractivity contribution is -0.137. The van der Waals surface area contributed by atoms with Crippen molar-refractivity contribution >= 4 is 17.6 Å². The van der Waals surface area contributed by atoms with Crippen LogP contribution in [-0.4, -0.2) is 27.0 Å². The van der Waals surface area contributed by atoms with Crippen LogP contribution < -0.4 is 22.5 Å². The van der Waals surface area contributed by atoms with E-state index < -0.39 is 11.7 Å². The van der Waals surface area contributed by atoms with E-state index in [0.29, 0.717) is 11.4 Å². The van der Waals surface area contributed by atoms with Crippen molar-refractivity contribution in [2.24, 2.45) is 5.73 Å². The molecule has 7 N–H and O–H groups in total. The molecule has 34 heavy (non-hydrogen) atoms. The number of nitrogens with zero attached hydrogens (tertiary/aromatic N) is 3. The van der Waals surface area contributed by atoms with E-state index in [1.807, 2.05) is 0 Å². The minimum absolute atomic E-state index is 0.0633. The Morgan fingerprint density at radius 2 is 1.74 bits per heavy atom. The molecular weight excluding hydrogens is 443 g/mol. The summed E-state index contributed by atoms with van der Waals surface area (Å²) in [5.74, 6) is 6.46. The van der Waals surface area contributed by atoms with Crippen molar-refractivity contribution in [2.75, 3.05) is 16.8 Å². The number of alkyl halides is 3. The van der Waals surface area contributed by atoms with Crippen LogP contribution in [0, 0.1) is 11.8 Å². The fourth-order valence-electron chi connectivity index (χ4n) is 3.78. The molecule has 3 aromatic rings. The third-order valence-electron chi connectivity index (χ3n) is 5.62. The Morgan fingerprint density at radius 1 is 0.971 bits per heavy atom. The Morgan fingerprint density at radius 3 is 2.41 bits per heavy atom. The Bertz CT molecular complexity index is 1220. The van der Waals surface area contributed by atoms with Crippen LogP contribution in [0.4, 0.5) is 30.8 Å². The zero-order valence-corrected chi connectivity index (χ0v) is 18.2. The van der Waals surface area contributed by atoms with Crippen LogP contribution in [0.2, 0.25) is 0 Å². The standard InChI is InChI=1S/C24H24F3N7/c25-24(26,27)16-3-1-2-15(12-16)21-19(10-4-14-5-11-20(29)31-13-14)22(30)34-23(33-21)32-18-8-6-17(28)7-9-18/h1-3,5,11-13,17-18H,6-9,28H2,(H2,29,31)(H3,30,32,33,34). The number of rotatable bonds is 3. The fourth-order valence-corrected chi connectivity index (χ4v) is 3.78. The molecule has 1 aliphatic rings. The molecule has 1 saturated carbocycles. The van der Waals surface area contributed by atoms with Crippen molar-refractivity contribution in [2.45, 2.75) is 43.9 Å². The third-order valence-corrected chi connectivity index (χ3v) is 5.62. The number of aromatic nitrogens is 3. The molecule has 1 fully saturated rings. The molecule has 7 nitrogen and oxygen atoms in total. The first-order valence-electron chi connectivity index (χ1n) is 10.8. The second kappa shape index (κ2) is 9.57. The molecule has 0 unspecified atom stereocenters. The number of pyridine rings is 1. The molecule has 1 aromatic carbocycles. The number of nitrogens with one attached hydrogen (secondary N) is 1. The smallest absolute Gasteiger partial charge is 0.384 e.